The maximum absolute atomic E-state index is 13.4. The highest BCUT2D eigenvalue weighted by molar-refractivity contribution is 6.01. The first-order chi connectivity index (χ1) is 17.4. The lowest BCUT2D eigenvalue weighted by Gasteiger charge is -2.43. The molecule has 1 aromatic heterocycles. The maximum Gasteiger partial charge on any atom is 0.273 e. The molecule has 0 bridgehead atoms. The molecular formula is C27H37N5O4. The van der Waals surface area contributed by atoms with Crippen molar-refractivity contribution in [3.63, 3.8) is 0 Å². The zero-order valence-corrected chi connectivity index (χ0v) is 21.5. The fraction of sp³-hybridized carbons (Fsp3) is 0.556. The molecule has 0 spiro atoms. The molecule has 2 aliphatic rings. The molecule has 3 amide bonds. The molecule has 0 saturated heterocycles. The van der Waals surface area contributed by atoms with Crippen LogP contribution in [0.3, 0.4) is 0 Å². The number of nitrogens with zero attached hydrogens (tertiary/aromatic N) is 3. The lowest BCUT2D eigenvalue weighted by Crippen LogP contribution is -2.65. The van der Waals surface area contributed by atoms with Crippen molar-refractivity contribution in [3.8, 4) is 5.75 Å². The summed E-state index contributed by atoms with van der Waals surface area (Å²) in [6.07, 6.45) is 5.55. The Balaban J connectivity index is 1.43. The van der Waals surface area contributed by atoms with E-state index < -0.39 is 5.54 Å². The van der Waals surface area contributed by atoms with Crippen LogP contribution in [0.4, 0.5) is 0 Å². The fourth-order valence-corrected chi connectivity index (χ4v) is 5.07. The van der Waals surface area contributed by atoms with E-state index in [0.717, 1.165) is 43.4 Å². The van der Waals surface area contributed by atoms with E-state index in [-0.39, 0.29) is 36.0 Å². The lowest BCUT2D eigenvalue weighted by atomic mass is 9.94. The number of nitrogens with one attached hydrogen (secondary N) is 2. The van der Waals surface area contributed by atoms with E-state index in [1.165, 1.54) is 10.7 Å². The van der Waals surface area contributed by atoms with E-state index in [4.69, 9.17) is 4.74 Å². The van der Waals surface area contributed by atoms with Gasteiger partial charge in [0.25, 0.3) is 11.8 Å². The molecule has 1 atom stereocenters. The van der Waals surface area contributed by atoms with Gasteiger partial charge in [-0.2, -0.15) is 5.10 Å². The van der Waals surface area contributed by atoms with E-state index in [2.05, 4.69) is 15.7 Å². The van der Waals surface area contributed by atoms with Crippen molar-refractivity contribution in [2.45, 2.75) is 77.4 Å². The molecule has 2 aromatic rings. The van der Waals surface area contributed by atoms with E-state index in [9.17, 15) is 14.4 Å². The molecule has 1 aromatic carbocycles. The molecule has 2 N–H and O–H groups in total. The first-order valence-electron chi connectivity index (χ1n) is 13.1. The third-order valence-corrected chi connectivity index (χ3v) is 7.09. The molecule has 2 heterocycles. The first kappa shape index (κ1) is 25.7. The normalized spacial score (nSPS) is 19.8. The molecule has 1 aliphatic heterocycles. The van der Waals surface area contributed by atoms with E-state index in [1.807, 2.05) is 38.1 Å². The van der Waals surface area contributed by atoms with Crippen LogP contribution in [0.1, 0.15) is 79.4 Å². The van der Waals surface area contributed by atoms with Gasteiger partial charge in [-0.25, -0.2) is 0 Å². The number of aromatic nitrogens is 2. The second kappa shape index (κ2) is 11.1. The third-order valence-electron chi connectivity index (χ3n) is 7.09. The summed E-state index contributed by atoms with van der Waals surface area (Å²) in [7, 11) is 0. The van der Waals surface area contributed by atoms with Gasteiger partial charge in [0, 0.05) is 25.2 Å². The topological polar surface area (TPSA) is 106 Å². The maximum atomic E-state index is 13.4. The van der Waals surface area contributed by atoms with Crippen molar-refractivity contribution in [1.82, 2.24) is 25.3 Å². The highest BCUT2D eigenvalue weighted by Crippen LogP contribution is 2.29. The number of amides is 3. The van der Waals surface area contributed by atoms with Crippen molar-refractivity contribution in [1.29, 1.82) is 0 Å². The number of hydrogen-bond donors (Lipinski definition) is 2. The predicted octanol–water partition coefficient (Wildman–Crippen LogP) is 2.94. The minimum absolute atomic E-state index is 0.154. The molecule has 4 rings (SSSR count). The smallest absolute Gasteiger partial charge is 0.273 e. The van der Waals surface area contributed by atoms with Crippen LogP contribution in [0.5, 0.6) is 5.75 Å². The molecule has 9 nitrogen and oxygen atoms in total. The van der Waals surface area contributed by atoms with Crippen LogP contribution in [-0.4, -0.2) is 63.7 Å². The Morgan fingerprint density at radius 3 is 2.56 bits per heavy atom. The second-order valence-electron chi connectivity index (χ2n) is 9.84. The van der Waals surface area contributed by atoms with Crippen molar-refractivity contribution in [3.05, 3.63) is 47.3 Å². The average molecular weight is 496 g/mol. The molecule has 194 valence electrons. The van der Waals surface area contributed by atoms with Gasteiger partial charge in [0.15, 0.2) is 5.69 Å². The SMILES string of the molecule is CCCN1C(=O)c2cc(C(=O)NCCc3ccc(OCC)cc3)nn2C[C@@]1(C)C(=O)NC1CCCC1. The zero-order valence-electron chi connectivity index (χ0n) is 21.5. The Hall–Kier alpha value is -3.36. The Bertz CT molecular complexity index is 1090. The second-order valence-corrected chi connectivity index (χ2v) is 9.84. The number of carbonyl (C=O) groups excluding carboxylic acids is 3. The molecule has 1 saturated carbocycles. The van der Waals surface area contributed by atoms with E-state index in [1.54, 1.807) is 11.8 Å². The van der Waals surface area contributed by atoms with Gasteiger partial charge >= 0.3 is 0 Å². The van der Waals surface area contributed by atoms with Crippen molar-refractivity contribution >= 4 is 17.7 Å². The van der Waals surface area contributed by atoms with Gasteiger partial charge in [-0.15, -0.1) is 0 Å². The largest absolute Gasteiger partial charge is 0.494 e. The van der Waals surface area contributed by atoms with Crippen LogP contribution in [0.25, 0.3) is 0 Å². The minimum atomic E-state index is -1.06. The van der Waals surface area contributed by atoms with E-state index >= 15 is 0 Å². The quantitative estimate of drug-likeness (QED) is 0.527. The summed E-state index contributed by atoms with van der Waals surface area (Å²) in [5.41, 5.74) is 0.543. The number of fused-ring (bicyclic) bond motifs is 1. The molecule has 0 radical (unpaired) electrons. The van der Waals surface area contributed by atoms with Crippen LogP contribution in [-0.2, 0) is 17.8 Å². The summed E-state index contributed by atoms with van der Waals surface area (Å²) >= 11 is 0. The van der Waals surface area contributed by atoms with Gasteiger partial charge in [0.05, 0.1) is 13.2 Å². The standard InChI is InChI=1S/C27H37N5O4/c1-4-16-31-25(34)23-17-22(24(33)28-15-14-19-10-12-21(13-11-19)36-5-2)30-32(23)18-27(31,3)26(35)29-20-8-6-7-9-20/h10-13,17,20H,4-9,14-16,18H2,1-3H3,(H,28,33)(H,29,35)/t27-/m0/s1. The Labute approximate surface area is 212 Å². The molecule has 1 aliphatic carbocycles. The number of rotatable bonds is 10. The molecule has 36 heavy (non-hydrogen) atoms. The molecule has 1 fully saturated rings. The average Bonchev–Trinajstić information content (AvgIpc) is 3.53. The van der Waals surface area contributed by atoms with Crippen LogP contribution < -0.4 is 15.4 Å². The Morgan fingerprint density at radius 2 is 1.89 bits per heavy atom. The monoisotopic (exact) mass is 495 g/mol. The van der Waals surface area contributed by atoms with E-state index in [0.29, 0.717) is 31.8 Å². The summed E-state index contributed by atoms with van der Waals surface area (Å²) in [5, 5.41) is 10.5. The molecule has 9 heteroatoms. The summed E-state index contributed by atoms with van der Waals surface area (Å²) in [6.45, 7) is 7.45. The zero-order chi connectivity index (χ0) is 25.7. The highest BCUT2D eigenvalue weighted by atomic mass is 16.5. The van der Waals surface area contributed by atoms with Crippen LogP contribution >= 0.6 is 0 Å². The van der Waals surface area contributed by atoms with Crippen molar-refractivity contribution in [2.75, 3.05) is 19.7 Å². The fourth-order valence-electron chi connectivity index (χ4n) is 5.07. The van der Waals surface area contributed by atoms with Crippen LogP contribution in [0.15, 0.2) is 30.3 Å². The van der Waals surface area contributed by atoms with Gasteiger partial charge in [-0.1, -0.05) is 31.9 Å². The van der Waals surface area contributed by atoms with Gasteiger partial charge < -0.3 is 20.3 Å². The van der Waals surface area contributed by atoms with Crippen LogP contribution in [0, 0.1) is 0 Å². The summed E-state index contributed by atoms with van der Waals surface area (Å²) in [6, 6.07) is 9.47. The molecule has 0 unspecified atom stereocenters. The van der Waals surface area contributed by atoms with Gasteiger partial charge in [0.2, 0.25) is 5.91 Å². The summed E-state index contributed by atoms with van der Waals surface area (Å²) in [4.78, 5) is 41.2. The Morgan fingerprint density at radius 1 is 1.17 bits per heavy atom. The van der Waals surface area contributed by atoms with Gasteiger partial charge in [0.1, 0.15) is 17.0 Å². The Kier molecular flexibility index (Phi) is 7.96. The van der Waals surface area contributed by atoms with Crippen molar-refractivity contribution in [2.24, 2.45) is 0 Å². The molecular weight excluding hydrogens is 458 g/mol. The van der Waals surface area contributed by atoms with Crippen molar-refractivity contribution < 1.29 is 19.1 Å². The number of benzene rings is 1. The number of ether oxygens (including phenoxy) is 1. The first-order valence-corrected chi connectivity index (χ1v) is 13.1. The van der Waals surface area contributed by atoms with Crippen LogP contribution in [0.2, 0.25) is 0 Å². The number of hydrogen-bond acceptors (Lipinski definition) is 5. The highest BCUT2D eigenvalue weighted by Gasteiger charge is 2.48. The van der Waals surface area contributed by atoms with Gasteiger partial charge in [-0.3, -0.25) is 19.1 Å². The van der Waals surface area contributed by atoms with Gasteiger partial charge in [-0.05, 0) is 57.2 Å². The minimum Gasteiger partial charge on any atom is -0.494 e. The third kappa shape index (κ3) is 5.39. The summed E-state index contributed by atoms with van der Waals surface area (Å²) < 4.78 is 6.98. The lowest BCUT2D eigenvalue weighted by molar-refractivity contribution is -0.133. The summed E-state index contributed by atoms with van der Waals surface area (Å²) in [5.74, 6) is 0.0567. The number of carbonyl (C=O) groups is 3. The predicted molar refractivity (Wildman–Crippen MR) is 136 cm³/mol.